The molecule has 0 aliphatic rings. The van der Waals surface area contributed by atoms with Gasteiger partial charge in [-0.2, -0.15) is 0 Å². The Morgan fingerprint density at radius 2 is 1.60 bits per heavy atom. The lowest BCUT2D eigenvalue weighted by molar-refractivity contribution is -0.141. The second-order valence-corrected chi connectivity index (χ2v) is 5.14. The Morgan fingerprint density at radius 3 is 1.60 bits per heavy atom. The third-order valence-electron chi connectivity index (χ3n) is 1.81. The van der Waals surface area contributed by atoms with Crippen LogP contribution in [0.3, 0.4) is 0 Å². The molecule has 0 saturated carbocycles. The van der Waals surface area contributed by atoms with Crippen LogP contribution in [0.2, 0.25) is 0 Å². The number of halogens is 1. The Labute approximate surface area is 69.8 Å². The highest BCUT2D eigenvalue weighted by Crippen LogP contribution is 2.37. The zero-order valence-electron chi connectivity index (χ0n) is 6.73. The summed E-state index contributed by atoms with van der Waals surface area (Å²) < 4.78 is -0.833. The van der Waals surface area contributed by atoms with E-state index < -0.39 is 10.3 Å². The molecule has 2 nitrogen and oxygen atoms in total. The number of carboxylic acids is 1. The number of hydrogen-bond donors (Lipinski definition) is 1. The van der Waals surface area contributed by atoms with Gasteiger partial charge in [-0.3, -0.25) is 4.79 Å². The smallest absolute Gasteiger partial charge is 0.320 e. The second-order valence-electron chi connectivity index (χ2n) is 3.56. The second kappa shape index (κ2) is 2.53. The van der Waals surface area contributed by atoms with E-state index in [1.807, 2.05) is 20.8 Å². The average Bonchev–Trinajstić information content (AvgIpc) is 1.62. The largest absolute Gasteiger partial charge is 0.480 e. The van der Waals surface area contributed by atoms with Gasteiger partial charge in [-0.1, -0.05) is 36.7 Å². The third kappa shape index (κ3) is 1.72. The predicted molar refractivity (Wildman–Crippen MR) is 44.4 cm³/mol. The van der Waals surface area contributed by atoms with Crippen LogP contribution in [0.1, 0.15) is 27.7 Å². The molecule has 0 rings (SSSR count). The summed E-state index contributed by atoms with van der Waals surface area (Å²) in [5, 5.41) is 8.73. The molecule has 0 spiro atoms. The van der Waals surface area contributed by atoms with Gasteiger partial charge in [0.25, 0.3) is 0 Å². The summed E-state index contributed by atoms with van der Waals surface area (Å²) in [5.41, 5.74) is -0.265. The molecular formula is C7H13BrO2. The maximum Gasteiger partial charge on any atom is 0.320 e. The van der Waals surface area contributed by atoms with Crippen LogP contribution in [0.15, 0.2) is 0 Å². The van der Waals surface area contributed by atoms with Crippen molar-refractivity contribution in [2.75, 3.05) is 0 Å². The normalized spacial score (nSPS) is 18.1. The summed E-state index contributed by atoms with van der Waals surface area (Å²) in [6, 6.07) is 0. The average molecular weight is 209 g/mol. The molecule has 0 bridgehead atoms. The highest BCUT2D eigenvalue weighted by atomic mass is 79.9. The first-order valence-electron chi connectivity index (χ1n) is 3.12. The minimum absolute atomic E-state index is 0.265. The maximum absolute atomic E-state index is 10.6. The molecule has 1 unspecified atom stereocenters. The van der Waals surface area contributed by atoms with Crippen molar-refractivity contribution in [1.82, 2.24) is 0 Å². The van der Waals surface area contributed by atoms with E-state index in [0.717, 1.165) is 0 Å². The van der Waals surface area contributed by atoms with E-state index in [1.54, 1.807) is 6.92 Å². The van der Waals surface area contributed by atoms with Crippen molar-refractivity contribution in [3.8, 4) is 0 Å². The van der Waals surface area contributed by atoms with E-state index in [-0.39, 0.29) is 5.41 Å². The Kier molecular flexibility index (Phi) is 2.52. The van der Waals surface area contributed by atoms with Gasteiger partial charge < -0.3 is 5.11 Å². The molecular weight excluding hydrogens is 196 g/mol. The highest BCUT2D eigenvalue weighted by molar-refractivity contribution is 9.10. The molecule has 0 aromatic rings. The number of carbonyl (C=O) groups is 1. The van der Waals surface area contributed by atoms with Crippen LogP contribution in [0.5, 0.6) is 0 Å². The van der Waals surface area contributed by atoms with Crippen LogP contribution in [0.25, 0.3) is 0 Å². The first-order valence-corrected chi connectivity index (χ1v) is 3.91. The molecule has 0 heterocycles. The van der Waals surface area contributed by atoms with Crippen LogP contribution in [0.4, 0.5) is 0 Å². The molecule has 0 saturated heterocycles. The van der Waals surface area contributed by atoms with Gasteiger partial charge >= 0.3 is 5.97 Å². The molecule has 60 valence electrons. The predicted octanol–water partition coefficient (Wildman–Crippen LogP) is 2.27. The van der Waals surface area contributed by atoms with Crippen molar-refractivity contribution < 1.29 is 9.90 Å². The molecule has 0 aliphatic carbocycles. The van der Waals surface area contributed by atoms with Crippen molar-refractivity contribution in [1.29, 1.82) is 0 Å². The summed E-state index contributed by atoms with van der Waals surface area (Å²) in [6.07, 6.45) is 0. The van der Waals surface area contributed by atoms with Crippen LogP contribution < -0.4 is 0 Å². The Morgan fingerprint density at radius 1 is 1.30 bits per heavy atom. The van der Waals surface area contributed by atoms with Crippen LogP contribution >= 0.6 is 15.9 Å². The van der Waals surface area contributed by atoms with Gasteiger partial charge in [0.05, 0.1) is 0 Å². The van der Waals surface area contributed by atoms with Crippen molar-refractivity contribution in [2.45, 2.75) is 32.0 Å². The van der Waals surface area contributed by atoms with Gasteiger partial charge in [-0.05, 0) is 12.3 Å². The van der Waals surface area contributed by atoms with Crippen molar-refractivity contribution in [3.05, 3.63) is 0 Å². The molecule has 10 heavy (non-hydrogen) atoms. The monoisotopic (exact) mass is 208 g/mol. The summed E-state index contributed by atoms with van der Waals surface area (Å²) in [4.78, 5) is 10.6. The van der Waals surface area contributed by atoms with Gasteiger partial charge in [-0.15, -0.1) is 0 Å². The molecule has 0 amide bonds. The van der Waals surface area contributed by atoms with E-state index in [9.17, 15) is 4.79 Å². The van der Waals surface area contributed by atoms with Crippen molar-refractivity contribution in [3.63, 3.8) is 0 Å². The lowest BCUT2D eigenvalue weighted by Crippen LogP contribution is -2.41. The zero-order valence-corrected chi connectivity index (χ0v) is 8.32. The number of rotatable bonds is 1. The lowest BCUT2D eigenvalue weighted by Gasteiger charge is -2.32. The minimum Gasteiger partial charge on any atom is -0.480 e. The fraction of sp³-hybridized carbons (Fsp3) is 0.857. The number of alkyl halides is 1. The Hall–Kier alpha value is -0.0500. The molecule has 0 radical (unpaired) electrons. The molecule has 1 atom stereocenters. The van der Waals surface area contributed by atoms with Gasteiger partial charge in [0.1, 0.15) is 4.32 Å². The summed E-state index contributed by atoms with van der Waals surface area (Å²) in [5.74, 6) is -0.819. The Balaban J connectivity index is 4.57. The summed E-state index contributed by atoms with van der Waals surface area (Å²) in [6.45, 7) is 7.32. The fourth-order valence-corrected chi connectivity index (χ4v) is 0.321. The first-order chi connectivity index (χ1) is 4.19. The molecule has 0 aliphatic heterocycles. The number of carboxylic acid groups (broad SMARTS) is 1. The molecule has 0 fully saturated rings. The lowest BCUT2D eigenvalue weighted by atomic mass is 9.82. The van der Waals surface area contributed by atoms with E-state index >= 15 is 0 Å². The van der Waals surface area contributed by atoms with Gasteiger partial charge in [-0.25, -0.2) is 0 Å². The summed E-state index contributed by atoms with van der Waals surface area (Å²) in [7, 11) is 0. The minimum atomic E-state index is -0.833. The van der Waals surface area contributed by atoms with Gasteiger partial charge in [0.2, 0.25) is 0 Å². The highest BCUT2D eigenvalue weighted by Gasteiger charge is 2.41. The fourth-order valence-electron chi connectivity index (χ4n) is 0.321. The van der Waals surface area contributed by atoms with Gasteiger partial charge in [0.15, 0.2) is 0 Å². The quantitative estimate of drug-likeness (QED) is 0.672. The third-order valence-corrected chi connectivity index (χ3v) is 3.34. The van der Waals surface area contributed by atoms with Crippen LogP contribution in [0, 0.1) is 5.41 Å². The van der Waals surface area contributed by atoms with Crippen molar-refractivity contribution in [2.24, 2.45) is 5.41 Å². The van der Waals surface area contributed by atoms with E-state index in [0.29, 0.717) is 0 Å². The number of hydrogen-bond acceptors (Lipinski definition) is 1. The molecule has 0 aromatic carbocycles. The zero-order chi connectivity index (χ0) is 8.58. The van der Waals surface area contributed by atoms with Crippen LogP contribution in [-0.4, -0.2) is 15.4 Å². The van der Waals surface area contributed by atoms with Crippen molar-refractivity contribution >= 4 is 21.9 Å². The topological polar surface area (TPSA) is 37.3 Å². The van der Waals surface area contributed by atoms with Gasteiger partial charge in [0, 0.05) is 0 Å². The summed E-state index contributed by atoms with van der Waals surface area (Å²) >= 11 is 3.17. The number of aliphatic carboxylic acids is 1. The maximum atomic E-state index is 10.6. The molecule has 3 heteroatoms. The SMILES string of the molecule is CC(C)(C)C(C)(Br)C(=O)O. The standard InChI is InChI=1S/C7H13BrO2/c1-6(2,3)7(4,8)5(9)10/h1-4H3,(H,9,10). The van der Waals surface area contributed by atoms with E-state index in [4.69, 9.17) is 5.11 Å². The first kappa shape index (κ1) is 9.95. The van der Waals surface area contributed by atoms with Crippen LogP contribution in [-0.2, 0) is 4.79 Å². The van der Waals surface area contributed by atoms with E-state index in [2.05, 4.69) is 15.9 Å². The Bertz CT molecular complexity index is 144. The van der Waals surface area contributed by atoms with E-state index in [1.165, 1.54) is 0 Å². The molecule has 1 N–H and O–H groups in total. The molecule has 0 aromatic heterocycles.